The van der Waals surface area contributed by atoms with Crippen LogP contribution in [0.25, 0.3) is 0 Å². The summed E-state index contributed by atoms with van der Waals surface area (Å²) < 4.78 is 19.6. The highest BCUT2D eigenvalue weighted by atomic mass is 35.5. The molecule has 0 saturated carbocycles. The van der Waals surface area contributed by atoms with Crippen molar-refractivity contribution < 1.29 is 9.13 Å². The molecule has 2 aromatic rings. The Bertz CT molecular complexity index is 636. The number of hydrogen-bond donors (Lipinski definition) is 0. The number of halogens is 2. The van der Waals surface area contributed by atoms with Gasteiger partial charge < -0.3 is 9.64 Å². The van der Waals surface area contributed by atoms with Crippen LogP contribution in [-0.4, -0.2) is 24.1 Å². The van der Waals surface area contributed by atoms with Gasteiger partial charge in [-0.25, -0.2) is 14.4 Å². The topological polar surface area (TPSA) is 38.2 Å². The van der Waals surface area contributed by atoms with E-state index in [-0.39, 0.29) is 11.6 Å². The van der Waals surface area contributed by atoms with Crippen LogP contribution in [0, 0.1) is 5.82 Å². The molecule has 2 rings (SSSR count). The second-order valence-corrected chi connectivity index (χ2v) is 5.06. The minimum Gasteiger partial charge on any atom is -0.496 e. The van der Waals surface area contributed by atoms with Crippen LogP contribution in [0.1, 0.15) is 18.2 Å². The molecule has 0 unspecified atom stereocenters. The predicted octanol–water partition coefficient (Wildman–Crippen LogP) is 3.48. The SMILES string of the molecule is CCc1ncnc(N(C)Cc2cc(Cl)ccc2OC)c1F. The standard InChI is InChI=1S/C15H17ClFN3O/c1-4-12-14(17)15(19-9-18-12)20(2)8-10-7-11(16)5-6-13(10)21-3/h5-7,9H,4,8H2,1-3H3. The van der Waals surface area contributed by atoms with Gasteiger partial charge in [0, 0.05) is 24.2 Å². The summed E-state index contributed by atoms with van der Waals surface area (Å²) in [5.74, 6) is 0.587. The Morgan fingerprint density at radius 1 is 1.33 bits per heavy atom. The number of ether oxygens (including phenoxy) is 1. The zero-order chi connectivity index (χ0) is 15.4. The summed E-state index contributed by atoms with van der Waals surface area (Å²) in [5, 5.41) is 0.608. The van der Waals surface area contributed by atoms with Gasteiger partial charge in [-0.15, -0.1) is 0 Å². The molecule has 0 radical (unpaired) electrons. The van der Waals surface area contributed by atoms with Gasteiger partial charge in [0.25, 0.3) is 0 Å². The van der Waals surface area contributed by atoms with Crippen LogP contribution in [0.2, 0.25) is 5.02 Å². The zero-order valence-corrected chi connectivity index (χ0v) is 13.0. The maximum absolute atomic E-state index is 14.3. The number of nitrogens with zero attached hydrogens (tertiary/aromatic N) is 3. The molecule has 0 aliphatic heterocycles. The zero-order valence-electron chi connectivity index (χ0n) is 12.2. The van der Waals surface area contributed by atoms with Crippen molar-refractivity contribution in [3.05, 3.63) is 46.6 Å². The smallest absolute Gasteiger partial charge is 0.187 e. The number of methoxy groups -OCH3 is 1. The fraction of sp³-hybridized carbons (Fsp3) is 0.333. The molecule has 1 heterocycles. The third kappa shape index (κ3) is 3.42. The van der Waals surface area contributed by atoms with E-state index in [1.54, 1.807) is 37.3 Å². The van der Waals surface area contributed by atoms with E-state index in [4.69, 9.17) is 16.3 Å². The highest BCUT2D eigenvalue weighted by Gasteiger charge is 2.15. The first-order valence-electron chi connectivity index (χ1n) is 6.59. The highest BCUT2D eigenvalue weighted by molar-refractivity contribution is 6.30. The molecule has 0 aliphatic carbocycles. The molecule has 112 valence electrons. The van der Waals surface area contributed by atoms with E-state index in [1.165, 1.54) is 6.33 Å². The second-order valence-electron chi connectivity index (χ2n) is 4.62. The van der Waals surface area contributed by atoms with Crippen molar-refractivity contribution in [1.82, 2.24) is 9.97 Å². The fourth-order valence-corrected chi connectivity index (χ4v) is 2.30. The number of anilines is 1. The van der Waals surface area contributed by atoms with Gasteiger partial charge in [0.15, 0.2) is 11.6 Å². The number of aromatic nitrogens is 2. The summed E-state index contributed by atoms with van der Waals surface area (Å²) in [5.41, 5.74) is 1.27. The van der Waals surface area contributed by atoms with Crippen LogP contribution in [0.15, 0.2) is 24.5 Å². The van der Waals surface area contributed by atoms with E-state index in [2.05, 4.69) is 9.97 Å². The van der Waals surface area contributed by atoms with E-state index in [0.29, 0.717) is 29.4 Å². The Morgan fingerprint density at radius 2 is 2.10 bits per heavy atom. The van der Waals surface area contributed by atoms with Gasteiger partial charge >= 0.3 is 0 Å². The summed E-state index contributed by atoms with van der Waals surface area (Å²) in [4.78, 5) is 9.68. The highest BCUT2D eigenvalue weighted by Crippen LogP contribution is 2.26. The van der Waals surface area contributed by atoms with E-state index in [0.717, 1.165) is 5.56 Å². The molecule has 1 aromatic carbocycles. The number of rotatable bonds is 5. The molecule has 1 aromatic heterocycles. The summed E-state index contributed by atoms with van der Waals surface area (Å²) in [7, 11) is 3.36. The molecule has 6 heteroatoms. The van der Waals surface area contributed by atoms with E-state index < -0.39 is 0 Å². The molecule has 21 heavy (non-hydrogen) atoms. The molecule has 0 saturated heterocycles. The minimum atomic E-state index is -0.386. The first-order chi connectivity index (χ1) is 10.1. The third-order valence-corrected chi connectivity index (χ3v) is 3.42. The largest absolute Gasteiger partial charge is 0.496 e. The monoisotopic (exact) mass is 309 g/mol. The van der Waals surface area contributed by atoms with Crippen LogP contribution in [0.3, 0.4) is 0 Å². The average molecular weight is 310 g/mol. The maximum atomic E-state index is 14.3. The van der Waals surface area contributed by atoms with Crippen LogP contribution in [0.5, 0.6) is 5.75 Å². The summed E-state index contributed by atoms with van der Waals surface area (Å²) in [6, 6.07) is 5.35. The molecule has 0 N–H and O–H groups in total. The summed E-state index contributed by atoms with van der Waals surface area (Å²) in [6.07, 6.45) is 1.90. The molecule has 4 nitrogen and oxygen atoms in total. The Kier molecular flexibility index (Phi) is 4.96. The number of hydrogen-bond acceptors (Lipinski definition) is 4. The maximum Gasteiger partial charge on any atom is 0.187 e. The molecule has 0 amide bonds. The van der Waals surface area contributed by atoms with Crippen molar-refractivity contribution in [1.29, 1.82) is 0 Å². The lowest BCUT2D eigenvalue weighted by molar-refractivity contribution is 0.409. The van der Waals surface area contributed by atoms with Gasteiger partial charge in [-0.1, -0.05) is 18.5 Å². The van der Waals surface area contributed by atoms with Crippen molar-refractivity contribution in [2.75, 3.05) is 19.1 Å². The van der Waals surface area contributed by atoms with E-state index in [1.807, 2.05) is 6.92 Å². The molecule has 0 aliphatic rings. The molecular weight excluding hydrogens is 293 g/mol. The van der Waals surface area contributed by atoms with Crippen molar-refractivity contribution in [3.8, 4) is 5.75 Å². The van der Waals surface area contributed by atoms with Crippen LogP contribution in [0.4, 0.5) is 10.2 Å². The summed E-state index contributed by atoms with van der Waals surface area (Å²) in [6.45, 7) is 2.29. The Morgan fingerprint density at radius 3 is 2.76 bits per heavy atom. The average Bonchev–Trinajstić information content (AvgIpc) is 2.47. The lowest BCUT2D eigenvalue weighted by atomic mass is 10.2. The Balaban J connectivity index is 2.30. The van der Waals surface area contributed by atoms with Crippen molar-refractivity contribution >= 4 is 17.4 Å². The van der Waals surface area contributed by atoms with Crippen molar-refractivity contribution in [3.63, 3.8) is 0 Å². The van der Waals surface area contributed by atoms with Crippen LogP contribution < -0.4 is 9.64 Å². The quantitative estimate of drug-likeness (QED) is 0.847. The van der Waals surface area contributed by atoms with Gasteiger partial charge in [0.2, 0.25) is 0 Å². The van der Waals surface area contributed by atoms with Crippen LogP contribution >= 0.6 is 11.6 Å². The van der Waals surface area contributed by atoms with Gasteiger partial charge in [-0.2, -0.15) is 0 Å². The van der Waals surface area contributed by atoms with Gasteiger partial charge in [0.1, 0.15) is 12.1 Å². The number of aryl methyl sites for hydroxylation is 1. The van der Waals surface area contributed by atoms with E-state index in [9.17, 15) is 4.39 Å². The first-order valence-corrected chi connectivity index (χ1v) is 6.97. The minimum absolute atomic E-state index is 0.267. The fourth-order valence-electron chi connectivity index (χ4n) is 2.11. The van der Waals surface area contributed by atoms with Crippen molar-refractivity contribution in [2.45, 2.75) is 19.9 Å². The lowest BCUT2D eigenvalue weighted by Gasteiger charge is -2.20. The van der Waals surface area contributed by atoms with Gasteiger partial charge in [0.05, 0.1) is 12.8 Å². The van der Waals surface area contributed by atoms with Gasteiger partial charge in [-0.05, 0) is 24.6 Å². The summed E-state index contributed by atoms with van der Waals surface area (Å²) >= 11 is 6.01. The predicted molar refractivity (Wildman–Crippen MR) is 81.5 cm³/mol. The van der Waals surface area contributed by atoms with E-state index >= 15 is 0 Å². The first kappa shape index (κ1) is 15.5. The Labute approximate surface area is 128 Å². The lowest BCUT2D eigenvalue weighted by Crippen LogP contribution is -2.20. The van der Waals surface area contributed by atoms with Gasteiger partial charge in [-0.3, -0.25) is 0 Å². The number of benzene rings is 1. The molecule has 0 atom stereocenters. The third-order valence-electron chi connectivity index (χ3n) is 3.19. The molecule has 0 bridgehead atoms. The normalized spacial score (nSPS) is 10.5. The Hall–Kier alpha value is -1.88. The molecular formula is C15H17ClFN3O. The van der Waals surface area contributed by atoms with Crippen LogP contribution in [-0.2, 0) is 13.0 Å². The molecule has 0 spiro atoms. The second kappa shape index (κ2) is 6.72. The molecule has 0 fully saturated rings. The van der Waals surface area contributed by atoms with Crippen molar-refractivity contribution in [2.24, 2.45) is 0 Å².